The van der Waals surface area contributed by atoms with E-state index in [2.05, 4.69) is 22.5 Å². The van der Waals surface area contributed by atoms with Crippen LogP contribution in [0.15, 0.2) is 78.2 Å². The fourth-order valence-corrected chi connectivity index (χ4v) is 3.85. The molecule has 3 aromatic carbocycles. The fraction of sp³-hybridized carbons (Fsp3) is 0.120. The van der Waals surface area contributed by atoms with Crippen LogP contribution in [0.1, 0.15) is 22.8 Å². The monoisotopic (exact) mass is 429 g/mol. The molecule has 0 fully saturated rings. The van der Waals surface area contributed by atoms with Gasteiger partial charge in [0.05, 0.1) is 12.8 Å². The molecule has 0 spiro atoms. The lowest BCUT2D eigenvalue weighted by Crippen LogP contribution is -2.11. The van der Waals surface area contributed by atoms with E-state index in [9.17, 15) is 4.79 Å². The van der Waals surface area contributed by atoms with Gasteiger partial charge in [-0.15, -0.1) is 11.3 Å². The van der Waals surface area contributed by atoms with Crippen molar-refractivity contribution in [3.8, 4) is 17.0 Å². The summed E-state index contributed by atoms with van der Waals surface area (Å²) >= 11 is 1.53. The van der Waals surface area contributed by atoms with Crippen LogP contribution in [0.2, 0.25) is 0 Å². The summed E-state index contributed by atoms with van der Waals surface area (Å²) in [6.07, 6.45) is 0.955. The second-order valence-electron chi connectivity index (χ2n) is 6.98. The molecule has 0 saturated heterocycles. The van der Waals surface area contributed by atoms with Crippen molar-refractivity contribution in [2.45, 2.75) is 13.3 Å². The third-order valence-electron chi connectivity index (χ3n) is 4.89. The summed E-state index contributed by atoms with van der Waals surface area (Å²) in [6, 6.07) is 23.1. The van der Waals surface area contributed by atoms with Gasteiger partial charge in [-0.1, -0.05) is 37.3 Å². The average molecular weight is 430 g/mol. The van der Waals surface area contributed by atoms with Crippen molar-refractivity contribution in [3.05, 3.63) is 89.3 Å². The van der Waals surface area contributed by atoms with Crippen molar-refractivity contribution in [2.75, 3.05) is 17.7 Å². The first-order valence-electron chi connectivity index (χ1n) is 10.0. The Kier molecular flexibility index (Phi) is 6.29. The molecule has 0 aliphatic carbocycles. The van der Waals surface area contributed by atoms with Crippen LogP contribution in [0, 0.1) is 0 Å². The molecular weight excluding hydrogens is 406 g/mol. The smallest absolute Gasteiger partial charge is 0.255 e. The Bertz CT molecular complexity index is 1170. The van der Waals surface area contributed by atoms with Crippen LogP contribution in [-0.2, 0) is 6.42 Å². The lowest BCUT2D eigenvalue weighted by molar-refractivity contribution is 0.102. The second-order valence-corrected chi connectivity index (χ2v) is 7.83. The topological polar surface area (TPSA) is 63.2 Å². The number of carbonyl (C=O) groups is 1. The van der Waals surface area contributed by atoms with Crippen LogP contribution in [0.25, 0.3) is 11.3 Å². The molecule has 0 aliphatic heterocycles. The number of carbonyl (C=O) groups excluding carboxylic acids is 1. The van der Waals surface area contributed by atoms with Gasteiger partial charge in [-0.25, -0.2) is 4.98 Å². The number of hydrogen-bond acceptors (Lipinski definition) is 5. The lowest BCUT2D eigenvalue weighted by Gasteiger charge is -2.07. The summed E-state index contributed by atoms with van der Waals surface area (Å²) < 4.78 is 5.26. The van der Waals surface area contributed by atoms with E-state index in [0.29, 0.717) is 5.56 Å². The van der Waals surface area contributed by atoms with Gasteiger partial charge >= 0.3 is 0 Å². The molecule has 156 valence electrons. The van der Waals surface area contributed by atoms with Gasteiger partial charge in [0.15, 0.2) is 5.13 Å². The summed E-state index contributed by atoms with van der Waals surface area (Å²) in [5.41, 5.74) is 5.39. The molecule has 2 N–H and O–H groups in total. The Labute approximate surface area is 185 Å². The highest BCUT2D eigenvalue weighted by Gasteiger charge is 2.08. The number of aromatic nitrogens is 1. The number of amides is 1. The predicted octanol–water partition coefficient (Wildman–Crippen LogP) is 6.38. The minimum Gasteiger partial charge on any atom is -0.497 e. The van der Waals surface area contributed by atoms with Gasteiger partial charge in [0.25, 0.3) is 5.91 Å². The summed E-state index contributed by atoms with van der Waals surface area (Å²) in [5, 5.41) is 9.05. The highest BCUT2D eigenvalue weighted by Crippen LogP contribution is 2.29. The van der Waals surface area contributed by atoms with Crippen LogP contribution in [0.4, 0.5) is 16.5 Å². The van der Waals surface area contributed by atoms with Crippen LogP contribution in [0.5, 0.6) is 5.75 Å². The van der Waals surface area contributed by atoms with E-state index in [1.165, 1.54) is 16.9 Å². The molecule has 0 radical (unpaired) electrons. The van der Waals surface area contributed by atoms with Gasteiger partial charge in [-0.3, -0.25) is 4.79 Å². The molecule has 0 atom stereocenters. The third kappa shape index (κ3) is 5.10. The summed E-state index contributed by atoms with van der Waals surface area (Å²) in [6.45, 7) is 2.09. The maximum absolute atomic E-state index is 12.5. The SMILES string of the molecule is CCc1ccc(C(=O)Nc2ccc(-c3csc(Nc4cccc(OC)c4)n3)cc2)cc1. The van der Waals surface area contributed by atoms with Gasteiger partial charge in [0.1, 0.15) is 5.75 Å². The maximum atomic E-state index is 12.5. The second kappa shape index (κ2) is 9.45. The first kappa shape index (κ1) is 20.6. The van der Waals surface area contributed by atoms with Crippen molar-refractivity contribution in [1.82, 2.24) is 4.98 Å². The number of anilines is 3. The Balaban J connectivity index is 1.41. The van der Waals surface area contributed by atoms with Crippen LogP contribution in [-0.4, -0.2) is 18.0 Å². The van der Waals surface area contributed by atoms with Crippen molar-refractivity contribution in [2.24, 2.45) is 0 Å². The number of nitrogens with one attached hydrogen (secondary N) is 2. The molecule has 1 amide bonds. The van der Waals surface area contributed by atoms with E-state index in [1.807, 2.05) is 78.2 Å². The minimum atomic E-state index is -0.117. The van der Waals surface area contributed by atoms with Gasteiger partial charge in [0, 0.05) is 33.9 Å². The van der Waals surface area contributed by atoms with Crippen LogP contribution in [0.3, 0.4) is 0 Å². The molecule has 0 aliphatic rings. The third-order valence-corrected chi connectivity index (χ3v) is 5.65. The number of hydrogen-bond donors (Lipinski definition) is 2. The molecule has 0 unspecified atom stereocenters. The highest BCUT2D eigenvalue weighted by atomic mass is 32.1. The molecule has 4 aromatic rings. The molecule has 31 heavy (non-hydrogen) atoms. The molecular formula is C25H23N3O2S. The largest absolute Gasteiger partial charge is 0.497 e. The zero-order valence-electron chi connectivity index (χ0n) is 17.4. The number of rotatable bonds is 7. The molecule has 1 aromatic heterocycles. The van der Waals surface area contributed by atoms with E-state index in [-0.39, 0.29) is 5.91 Å². The zero-order chi connectivity index (χ0) is 21.6. The van der Waals surface area contributed by atoms with Crippen molar-refractivity contribution >= 4 is 33.8 Å². The molecule has 0 bridgehead atoms. The zero-order valence-corrected chi connectivity index (χ0v) is 18.2. The van der Waals surface area contributed by atoms with E-state index in [1.54, 1.807) is 7.11 Å². The molecule has 6 heteroatoms. The van der Waals surface area contributed by atoms with Crippen molar-refractivity contribution in [1.29, 1.82) is 0 Å². The van der Waals surface area contributed by atoms with E-state index in [4.69, 9.17) is 4.74 Å². The number of thiazole rings is 1. The minimum absolute atomic E-state index is 0.117. The van der Waals surface area contributed by atoms with Crippen molar-refractivity contribution in [3.63, 3.8) is 0 Å². The van der Waals surface area contributed by atoms with Crippen LogP contribution >= 0.6 is 11.3 Å². The fourth-order valence-electron chi connectivity index (χ4n) is 3.11. The predicted molar refractivity (Wildman–Crippen MR) is 128 cm³/mol. The molecule has 5 nitrogen and oxygen atoms in total. The number of methoxy groups -OCH3 is 1. The number of ether oxygens (including phenoxy) is 1. The highest BCUT2D eigenvalue weighted by molar-refractivity contribution is 7.14. The van der Waals surface area contributed by atoms with Gasteiger partial charge in [-0.2, -0.15) is 0 Å². The number of benzene rings is 3. The Morgan fingerprint density at radius 1 is 1.00 bits per heavy atom. The summed E-state index contributed by atoms with van der Waals surface area (Å²) in [7, 11) is 1.65. The quantitative estimate of drug-likeness (QED) is 0.358. The molecule has 1 heterocycles. The Hall–Kier alpha value is -3.64. The maximum Gasteiger partial charge on any atom is 0.255 e. The van der Waals surface area contributed by atoms with E-state index in [0.717, 1.165) is 39.9 Å². The van der Waals surface area contributed by atoms with Gasteiger partial charge < -0.3 is 15.4 Å². The average Bonchev–Trinajstić information content (AvgIpc) is 3.28. The Morgan fingerprint density at radius 2 is 1.77 bits per heavy atom. The van der Waals surface area contributed by atoms with E-state index < -0.39 is 0 Å². The van der Waals surface area contributed by atoms with Crippen LogP contribution < -0.4 is 15.4 Å². The summed E-state index contributed by atoms with van der Waals surface area (Å²) in [5.74, 6) is 0.676. The van der Waals surface area contributed by atoms with Crippen molar-refractivity contribution < 1.29 is 9.53 Å². The number of nitrogens with zero attached hydrogens (tertiary/aromatic N) is 1. The molecule has 0 saturated carbocycles. The molecule has 4 rings (SSSR count). The van der Waals surface area contributed by atoms with E-state index >= 15 is 0 Å². The van der Waals surface area contributed by atoms with Gasteiger partial charge in [-0.05, 0) is 48.4 Å². The Morgan fingerprint density at radius 3 is 2.48 bits per heavy atom. The lowest BCUT2D eigenvalue weighted by atomic mass is 10.1. The first-order valence-corrected chi connectivity index (χ1v) is 10.9. The number of aryl methyl sites for hydroxylation is 1. The first-order chi connectivity index (χ1) is 15.1. The summed E-state index contributed by atoms with van der Waals surface area (Å²) in [4.78, 5) is 17.1. The normalized spacial score (nSPS) is 10.5. The standard InChI is InChI=1S/C25H23N3O2S/c1-3-17-7-9-19(10-8-17)24(29)26-20-13-11-18(12-14-20)23-16-31-25(28-23)27-21-5-4-6-22(15-21)30-2/h4-16H,3H2,1-2H3,(H,26,29)(H,27,28). The van der Waals surface area contributed by atoms with Gasteiger partial charge in [0.2, 0.25) is 0 Å².